The van der Waals surface area contributed by atoms with E-state index in [0.717, 1.165) is 11.6 Å². The molecule has 4 rings (SSSR count). The summed E-state index contributed by atoms with van der Waals surface area (Å²) >= 11 is 0. The maximum absolute atomic E-state index is 10.8. The van der Waals surface area contributed by atoms with Crippen LogP contribution in [0, 0.1) is 17.3 Å². The van der Waals surface area contributed by atoms with Gasteiger partial charge >= 0.3 is 5.97 Å². The number of nitrogens with zero attached hydrogens (tertiary/aromatic N) is 1. The summed E-state index contributed by atoms with van der Waals surface area (Å²) in [6, 6.07) is 1.71. The van der Waals surface area contributed by atoms with Gasteiger partial charge in [0.05, 0.1) is 0 Å². The largest absolute Gasteiger partial charge is 0.476 e. The van der Waals surface area contributed by atoms with Crippen LogP contribution in [-0.2, 0) is 0 Å². The molecule has 0 aliphatic heterocycles. The van der Waals surface area contributed by atoms with Gasteiger partial charge in [0, 0.05) is 11.6 Å². The van der Waals surface area contributed by atoms with Crippen LogP contribution in [0.3, 0.4) is 0 Å². The van der Waals surface area contributed by atoms with E-state index >= 15 is 0 Å². The van der Waals surface area contributed by atoms with Crippen LogP contribution < -0.4 is 0 Å². The lowest BCUT2D eigenvalue weighted by atomic mass is 9.45. The molecule has 92 valence electrons. The highest BCUT2D eigenvalue weighted by atomic mass is 16.4. The van der Waals surface area contributed by atoms with E-state index in [-0.39, 0.29) is 5.69 Å². The molecule has 1 aromatic rings. The first kappa shape index (κ1) is 10.8. The van der Waals surface area contributed by atoms with Crippen LogP contribution in [0.15, 0.2) is 6.07 Å². The molecular formula is C13H18N2O2. The van der Waals surface area contributed by atoms with E-state index in [2.05, 4.69) is 24.0 Å². The van der Waals surface area contributed by atoms with Crippen molar-refractivity contribution >= 4 is 5.97 Å². The van der Waals surface area contributed by atoms with E-state index in [4.69, 9.17) is 5.11 Å². The van der Waals surface area contributed by atoms with Gasteiger partial charge < -0.3 is 5.11 Å². The first-order valence-corrected chi connectivity index (χ1v) is 6.28. The Hall–Kier alpha value is -1.32. The summed E-state index contributed by atoms with van der Waals surface area (Å²) < 4.78 is 0. The summed E-state index contributed by atoms with van der Waals surface area (Å²) in [7, 11) is 0. The fourth-order valence-electron chi connectivity index (χ4n) is 3.82. The molecule has 3 aliphatic carbocycles. The SMILES string of the molecule is CC1(C)C2CCC(c3cc(C(=O)O)n[nH]3)C1C2. The van der Waals surface area contributed by atoms with E-state index < -0.39 is 5.97 Å². The van der Waals surface area contributed by atoms with E-state index in [1.54, 1.807) is 6.07 Å². The molecule has 1 heterocycles. The van der Waals surface area contributed by atoms with Gasteiger partial charge in [0.15, 0.2) is 5.69 Å². The number of aromatic nitrogens is 2. The fourth-order valence-corrected chi connectivity index (χ4v) is 3.82. The Morgan fingerprint density at radius 3 is 2.82 bits per heavy atom. The number of aromatic amines is 1. The minimum atomic E-state index is -0.950. The van der Waals surface area contributed by atoms with E-state index in [1.807, 2.05) is 0 Å². The maximum Gasteiger partial charge on any atom is 0.356 e. The number of carbonyl (C=O) groups is 1. The molecule has 0 amide bonds. The van der Waals surface area contributed by atoms with Crippen molar-refractivity contribution in [1.29, 1.82) is 0 Å². The average molecular weight is 234 g/mol. The third-order valence-electron chi connectivity index (χ3n) is 5.07. The summed E-state index contributed by atoms with van der Waals surface area (Å²) in [6.45, 7) is 4.68. The summed E-state index contributed by atoms with van der Waals surface area (Å²) in [5.41, 5.74) is 1.56. The zero-order valence-corrected chi connectivity index (χ0v) is 10.2. The van der Waals surface area contributed by atoms with Crippen LogP contribution in [0.2, 0.25) is 0 Å². The predicted octanol–water partition coefficient (Wildman–Crippen LogP) is 2.65. The lowest BCUT2D eigenvalue weighted by molar-refractivity contribution is -0.0814. The summed E-state index contributed by atoms with van der Waals surface area (Å²) in [5.74, 6) is 1.07. The third-order valence-corrected chi connectivity index (χ3v) is 5.07. The van der Waals surface area contributed by atoms with Crippen molar-refractivity contribution < 1.29 is 9.90 Å². The average Bonchev–Trinajstić information content (AvgIpc) is 2.78. The molecule has 3 unspecified atom stereocenters. The van der Waals surface area contributed by atoms with E-state index in [9.17, 15) is 4.79 Å². The maximum atomic E-state index is 10.8. The number of carboxylic acids is 1. The Balaban J connectivity index is 1.86. The topological polar surface area (TPSA) is 66.0 Å². The lowest BCUT2D eigenvalue weighted by Gasteiger charge is -2.60. The van der Waals surface area contributed by atoms with Crippen molar-refractivity contribution in [2.24, 2.45) is 17.3 Å². The number of fused-ring (bicyclic) bond motifs is 2. The highest BCUT2D eigenvalue weighted by Crippen LogP contribution is 2.63. The van der Waals surface area contributed by atoms with Crippen molar-refractivity contribution in [3.63, 3.8) is 0 Å². The highest BCUT2D eigenvalue weighted by Gasteiger charge is 2.54. The van der Waals surface area contributed by atoms with Gasteiger partial charge in [-0.3, -0.25) is 5.10 Å². The quantitative estimate of drug-likeness (QED) is 0.826. The van der Waals surface area contributed by atoms with E-state index in [0.29, 0.717) is 17.3 Å². The third kappa shape index (κ3) is 1.43. The van der Waals surface area contributed by atoms with Crippen molar-refractivity contribution in [3.8, 4) is 0 Å². The summed E-state index contributed by atoms with van der Waals surface area (Å²) in [6.07, 6.45) is 3.72. The van der Waals surface area contributed by atoms with Crippen molar-refractivity contribution in [2.45, 2.75) is 39.0 Å². The van der Waals surface area contributed by atoms with Gasteiger partial charge in [0.1, 0.15) is 0 Å². The van der Waals surface area contributed by atoms with Gasteiger partial charge in [-0.05, 0) is 42.6 Å². The minimum absolute atomic E-state index is 0.138. The highest BCUT2D eigenvalue weighted by molar-refractivity contribution is 5.85. The Morgan fingerprint density at radius 2 is 2.29 bits per heavy atom. The van der Waals surface area contributed by atoms with Crippen molar-refractivity contribution in [1.82, 2.24) is 10.2 Å². The minimum Gasteiger partial charge on any atom is -0.476 e. The smallest absolute Gasteiger partial charge is 0.356 e. The molecule has 0 spiro atoms. The lowest BCUT2D eigenvalue weighted by Crippen LogP contribution is -2.51. The monoisotopic (exact) mass is 234 g/mol. The second-order valence-electron chi connectivity index (χ2n) is 6.06. The standard InChI is InChI=1S/C13H18N2O2/c1-13(2)7-3-4-8(9(13)5-7)10-6-11(12(16)17)15-14-10/h6-9H,3-5H2,1-2H3,(H,14,15)(H,16,17). The Morgan fingerprint density at radius 1 is 1.53 bits per heavy atom. The van der Waals surface area contributed by atoms with Gasteiger partial charge in [-0.25, -0.2) is 4.79 Å². The molecule has 4 heteroatoms. The van der Waals surface area contributed by atoms with Gasteiger partial charge in [-0.15, -0.1) is 0 Å². The number of carboxylic acid groups (broad SMARTS) is 1. The Bertz CT molecular complexity index is 462. The van der Waals surface area contributed by atoms with E-state index in [1.165, 1.54) is 19.3 Å². The first-order valence-electron chi connectivity index (χ1n) is 6.28. The molecule has 0 radical (unpaired) electrons. The van der Waals surface area contributed by atoms with Crippen LogP contribution in [0.25, 0.3) is 0 Å². The molecule has 3 aliphatic rings. The van der Waals surface area contributed by atoms with Gasteiger partial charge in [0.2, 0.25) is 0 Å². The molecule has 0 saturated heterocycles. The number of H-pyrrole nitrogens is 1. The fraction of sp³-hybridized carbons (Fsp3) is 0.692. The molecule has 3 fully saturated rings. The molecule has 17 heavy (non-hydrogen) atoms. The number of nitrogens with one attached hydrogen (secondary N) is 1. The molecular weight excluding hydrogens is 216 g/mol. The molecule has 3 atom stereocenters. The Kier molecular flexibility index (Phi) is 2.12. The zero-order chi connectivity index (χ0) is 12.2. The number of hydrogen-bond acceptors (Lipinski definition) is 2. The van der Waals surface area contributed by atoms with Crippen LogP contribution in [0.5, 0.6) is 0 Å². The van der Waals surface area contributed by atoms with Crippen molar-refractivity contribution in [2.75, 3.05) is 0 Å². The predicted molar refractivity (Wildman–Crippen MR) is 62.9 cm³/mol. The van der Waals surface area contributed by atoms with Gasteiger partial charge in [-0.1, -0.05) is 13.8 Å². The zero-order valence-electron chi connectivity index (χ0n) is 10.2. The molecule has 2 N–H and O–H groups in total. The van der Waals surface area contributed by atoms with Gasteiger partial charge in [0.25, 0.3) is 0 Å². The van der Waals surface area contributed by atoms with Crippen LogP contribution in [0.1, 0.15) is 55.2 Å². The van der Waals surface area contributed by atoms with Crippen LogP contribution in [-0.4, -0.2) is 21.3 Å². The second-order valence-corrected chi connectivity index (χ2v) is 6.06. The van der Waals surface area contributed by atoms with Crippen LogP contribution >= 0.6 is 0 Å². The molecule has 3 saturated carbocycles. The number of aromatic carboxylic acids is 1. The Labute approximate surface area is 100 Å². The number of rotatable bonds is 2. The normalized spacial score (nSPS) is 34.1. The second kappa shape index (κ2) is 3.34. The molecule has 4 nitrogen and oxygen atoms in total. The molecule has 2 bridgehead atoms. The van der Waals surface area contributed by atoms with Crippen LogP contribution in [0.4, 0.5) is 0 Å². The molecule has 0 aromatic carbocycles. The first-order chi connectivity index (χ1) is 8.00. The van der Waals surface area contributed by atoms with Crippen molar-refractivity contribution in [3.05, 3.63) is 17.5 Å². The number of hydrogen-bond donors (Lipinski definition) is 2. The summed E-state index contributed by atoms with van der Waals surface area (Å²) in [5, 5.41) is 15.7. The van der Waals surface area contributed by atoms with Gasteiger partial charge in [-0.2, -0.15) is 5.10 Å². The molecule has 1 aromatic heterocycles. The summed E-state index contributed by atoms with van der Waals surface area (Å²) in [4.78, 5) is 10.8.